The normalized spacial score (nSPS) is 16.3. The standard InChI is InChI=1S/C24H27NO5/c26-23(27)22(13-6-14-29-16-7-5-8-16)25-24(28)30-15-21-19-11-3-1-9-17(19)18-10-2-4-12-20(18)21/h1-4,9-12,16,21-22H,5-8,13-15H2,(H,25,28)(H,26,27). The van der Waals surface area contributed by atoms with Gasteiger partial charge in [0.05, 0.1) is 6.10 Å². The van der Waals surface area contributed by atoms with Gasteiger partial charge >= 0.3 is 12.1 Å². The van der Waals surface area contributed by atoms with Crippen molar-refractivity contribution >= 4 is 12.1 Å². The Hall–Kier alpha value is -2.86. The van der Waals surface area contributed by atoms with Gasteiger partial charge in [-0.1, -0.05) is 48.5 Å². The minimum absolute atomic E-state index is 0.0534. The maximum Gasteiger partial charge on any atom is 0.407 e. The van der Waals surface area contributed by atoms with Crippen molar-refractivity contribution in [2.75, 3.05) is 13.2 Å². The highest BCUT2D eigenvalue weighted by Crippen LogP contribution is 2.44. The number of carbonyl (C=O) groups excluding carboxylic acids is 1. The van der Waals surface area contributed by atoms with Crippen LogP contribution in [-0.2, 0) is 14.3 Å². The van der Waals surface area contributed by atoms with Gasteiger partial charge in [-0.25, -0.2) is 9.59 Å². The van der Waals surface area contributed by atoms with Crippen LogP contribution in [0.3, 0.4) is 0 Å². The highest BCUT2D eigenvalue weighted by Gasteiger charge is 2.29. The molecule has 2 aliphatic carbocycles. The fourth-order valence-electron chi connectivity index (χ4n) is 4.11. The first kappa shape index (κ1) is 20.4. The van der Waals surface area contributed by atoms with Crippen molar-refractivity contribution in [3.05, 3.63) is 59.7 Å². The molecule has 2 aromatic rings. The van der Waals surface area contributed by atoms with Gasteiger partial charge < -0.3 is 19.9 Å². The lowest BCUT2D eigenvalue weighted by Gasteiger charge is -2.25. The zero-order valence-corrected chi connectivity index (χ0v) is 16.9. The predicted molar refractivity (Wildman–Crippen MR) is 112 cm³/mol. The molecule has 0 bridgehead atoms. The van der Waals surface area contributed by atoms with E-state index < -0.39 is 18.1 Å². The highest BCUT2D eigenvalue weighted by molar-refractivity contribution is 5.81. The fourth-order valence-corrected chi connectivity index (χ4v) is 4.11. The van der Waals surface area contributed by atoms with Crippen LogP contribution in [0.15, 0.2) is 48.5 Å². The summed E-state index contributed by atoms with van der Waals surface area (Å²) in [5.74, 6) is -1.12. The number of carboxylic acids is 1. The fraction of sp³-hybridized carbons (Fsp3) is 0.417. The number of ether oxygens (including phenoxy) is 2. The van der Waals surface area contributed by atoms with Gasteiger partial charge in [-0.05, 0) is 54.4 Å². The number of fused-ring (bicyclic) bond motifs is 3. The molecule has 6 nitrogen and oxygen atoms in total. The lowest BCUT2D eigenvalue weighted by Crippen LogP contribution is -2.41. The van der Waals surface area contributed by atoms with Gasteiger partial charge in [0.15, 0.2) is 0 Å². The topological polar surface area (TPSA) is 84.9 Å². The third-order valence-corrected chi connectivity index (χ3v) is 5.98. The van der Waals surface area contributed by atoms with E-state index in [1.165, 1.54) is 6.42 Å². The molecule has 0 radical (unpaired) electrons. The Morgan fingerprint density at radius 3 is 2.23 bits per heavy atom. The molecule has 1 unspecified atom stereocenters. The van der Waals surface area contributed by atoms with Gasteiger partial charge in [0, 0.05) is 12.5 Å². The number of amides is 1. The van der Waals surface area contributed by atoms with Crippen molar-refractivity contribution in [2.24, 2.45) is 0 Å². The van der Waals surface area contributed by atoms with Gasteiger partial charge in [0.1, 0.15) is 12.6 Å². The summed E-state index contributed by atoms with van der Waals surface area (Å²) < 4.78 is 11.1. The molecule has 2 aromatic carbocycles. The molecule has 4 rings (SSSR count). The van der Waals surface area contributed by atoms with Crippen LogP contribution in [0.2, 0.25) is 0 Å². The minimum Gasteiger partial charge on any atom is -0.480 e. The van der Waals surface area contributed by atoms with Gasteiger partial charge in [-0.2, -0.15) is 0 Å². The van der Waals surface area contributed by atoms with E-state index in [4.69, 9.17) is 9.47 Å². The summed E-state index contributed by atoms with van der Waals surface area (Å²) in [6.07, 6.45) is 3.88. The third kappa shape index (κ3) is 4.49. The molecule has 0 aromatic heterocycles. The molecule has 0 aliphatic heterocycles. The quantitative estimate of drug-likeness (QED) is 0.602. The molecule has 6 heteroatoms. The summed E-state index contributed by atoms with van der Waals surface area (Å²) >= 11 is 0. The molecule has 2 N–H and O–H groups in total. The van der Waals surface area contributed by atoms with Crippen LogP contribution in [0.4, 0.5) is 4.79 Å². The SMILES string of the molecule is O=C(NC(CCCOC1CCC1)C(=O)O)OCC1c2ccccc2-c2ccccc21. The Morgan fingerprint density at radius 2 is 1.67 bits per heavy atom. The third-order valence-electron chi connectivity index (χ3n) is 5.98. The highest BCUT2D eigenvalue weighted by atomic mass is 16.5. The lowest BCUT2D eigenvalue weighted by atomic mass is 9.96. The largest absolute Gasteiger partial charge is 0.480 e. The summed E-state index contributed by atoms with van der Waals surface area (Å²) in [5.41, 5.74) is 4.54. The first-order valence-corrected chi connectivity index (χ1v) is 10.6. The average Bonchev–Trinajstić information content (AvgIpc) is 3.03. The summed E-state index contributed by atoms with van der Waals surface area (Å²) in [7, 11) is 0. The number of nitrogens with one attached hydrogen (secondary N) is 1. The second kappa shape index (κ2) is 9.30. The van der Waals surface area contributed by atoms with Crippen LogP contribution in [0.25, 0.3) is 11.1 Å². The Kier molecular flexibility index (Phi) is 6.33. The van der Waals surface area contributed by atoms with E-state index in [-0.39, 0.29) is 12.5 Å². The van der Waals surface area contributed by atoms with Gasteiger partial charge in [-0.15, -0.1) is 0 Å². The predicted octanol–water partition coefficient (Wildman–Crippen LogP) is 4.33. The Balaban J connectivity index is 1.30. The van der Waals surface area contributed by atoms with Crippen LogP contribution in [0.1, 0.15) is 49.1 Å². The maximum atomic E-state index is 12.3. The summed E-state index contributed by atoms with van der Waals surface area (Å²) in [6.45, 7) is 0.678. The van der Waals surface area contributed by atoms with Crippen molar-refractivity contribution in [2.45, 2.75) is 50.2 Å². The minimum atomic E-state index is -1.06. The van der Waals surface area contributed by atoms with Crippen molar-refractivity contribution in [1.29, 1.82) is 0 Å². The zero-order valence-electron chi connectivity index (χ0n) is 16.9. The Morgan fingerprint density at radius 1 is 1.03 bits per heavy atom. The molecule has 1 saturated carbocycles. The monoisotopic (exact) mass is 409 g/mol. The van der Waals surface area contributed by atoms with Crippen molar-refractivity contribution in [1.82, 2.24) is 5.32 Å². The number of aliphatic carboxylic acids is 1. The van der Waals surface area contributed by atoms with E-state index >= 15 is 0 Å². The molecule has 158 valence electrons. The zero-order chi connectivity index (χ0) is 20.9. The molecule has 30 heavy (non-hydrogen) atoms. The van der Waals surface area contributed by atoms with E-state index in [1.54, 1.807) is 0 Å². The Labute approximate surface area is 176 Å². The van der Waals surface area contributed by atoms with E-state index in [9.17, 15) is 14.7 Å². The number of hydrogen-bond donors (Lipinski definition) is 2. The van der Waals surface area contributed by atoms with E-state index in [0.717, 1.165) is 35.1 Å². The molecule has 0 spiro atoms. The molecule has 1 fully saturated rings. The second-order valence-electron chi connectivity index (χ2n) is 7.93. The molecule has 1 atom stereocenters. The number of alkyl carbamates (subject to hydrolysis) is 1. The molecule has 1 amide bonds. The molecular formula is C24H27NO5. The number of benzene rings is 2. The first-order valence-electron chi connectivity index (χ1n) is 10.6. The number of rotatable bonds is 9. The Bertz CT molecular complexity index is 862. The van der Waals surface area contributed by atoms with Gasteiger partial charge in [0.2, 0.25) is 0 Å². The van der Waals surface area contributed by atoms with Crippen molar-refractivity contribution in [3.63, 3.8) is 0 Å². The van der Waals surface area contributed by atoms with E-state index in [0.29, 0.717) is 25.6 Å². The van der Waals surface area contributed by atoms with E-state index in [2.05, 4.69) is 17.4 Å². The molecular weight excluding hydrogens is 382 g/mol. The lowest BCUT2D eigenvalue weighted by molar-refractivity contribution is -0.139. The van der Waals surface area contributed by atoms with Gasteiger partial charge in [-0.3, -0.25) is 0 Å². The molecule has 0 heterocycles. The smallest absolute Gasteiger partial charge is 0.407 e. The summed E-state index contributed by atoms with van der Waals surface area (Å²) in [6, 6.07) is 15.2. The van der Waals surface area contributed by atoms with Crippen molar-refractivity contribution < 1.29 is 24.2 Å². The summed E-state index contributed by atoms with van der Waals surface area (Å²) in [4.78, 5) is 23.8. The maximum absolute atomic E-state index is 12.3. The number of carbonyl (C=O) groups is 2. The molecule has 2 aliphatic rings. The van der Waals surface area contributed by atoms with Crippen LogP contribution in [-0.4, -0.2) is 42.5 Å². The average molecular weight is 409 g/mol. The second-order valence-corrected chi connectivity index (χ2v) is 7.93. The van der Waals surface area contributed by atoms with Crippen LogP contribution in [0.5, 0.6) is 0 Å². The molecule has 0 saturated heterocycles. The van der Waals surface area contributed by atoms with E-state index in [1.807, 2.05) is 36.4 Å². The van der Waals surface area contributed by atoms with Gasteiger partial charge in [0.25, 0.3) is 0 Å². The summed E-state index contributed by atoms with van der Waals surface area (Å²) in [5, 5.41) is 11.9. The number of hydrogen-bond acceptors (Lipinski definition) is 4. The van der Waals surface area contributed by atoms with Crippen molar-refractivity contribution in [3.8, 4) is 11.1 Å². The van der Waals surface area contributed by atoms with Crippen LogP contribution < -0.4 is 5.32 Å². The number of carboxylic acid groups (broad SMARTS) is 1. The van der Waals surface area contributed by atoms with Crippen LogP contribution in [0, 0.1) is 0 Å². The first-order chi connectivity index (χ1) is 14.6. The van der Waals surface area contributed by atoms with Crippen LogP contribution >= 0.6 is 0 Å².